The van der Waals surface area contributed by atoms with Gasteiger partial charge in [0.1, 0.15) is 6.61 Å². The number of unbranched alkanes of at least 4 members (excludes halogenated alkanes) is 25. The van der Waals surface area contributed by atoms with Gasteiger partial charge in [-0.15, -0.1) is 0 Å². The predicted octanol–water partition coefficient (Wildman–Crippen LogP) is 14.7. The summed E-state index contributed by atoms with van der Waals surface area (Å²) >= 11 is 0. The Labute approximate surface area is 368 Å². The molecule has 0 fully saturated rings. The molecule has 10 heteroatoms. The van der Waals surface area contributed by atoms with Gasteiger partial charge in [-0.1, -0.05) is 210 Å². The van der Waals surface area contributed by atoms with Crippen LogP contribution in [0.3, 0.4) is 0 Å². The van der Waals surface area contributed by atoms with Gasteiger partial charge in [0.25, 0.3) is 0 Å². The molecule has 0 heterocycles. The molecule has 0 aliphatic heterocycles. The maximum Gasteiger partial charge on any atom is 0.472 e. The van der Waals surface area contributed by atoms with Gasteiger partial charge in [0.2, 0.25) is 0 Å². The number of esters is 2. The lowest BCUT2D eigenvalue weighted by atomic mass is 10.0. The number of allylic oxidation sites excluding steroid dienone is 8. The van der Waals surface area contributed by atoms with E-state index in [1.807, 2.05) is 6.08 Å². The molecule has 350 valence electrons. The Balaban J connectivity index is 4.17. The summed E-state index contributed by atoms with van der Waals surface area (Å²) in [5, 5.41) is 0. The van der Waals surface area contributed by atoms with E-state index in [1.165, 1.54) is 148 Å². The van der Waals surface area contributed by atoms with Crippen LogP contribution < -0.4 is 5.73 Å². The van der Waals surface area contributed by atoms with E-state index in [2.05, 4.69) is 56.4 Å². The first-order valence-electron chi connectivity index (χ1n) is 24.6. The lowest BCUT2D eigenvalue weighted by Crippen LogP contribution is -2.29. The minimum Gasteiger partial charge on any atom is -0.462 e. The van der Waals surface area contributed by atoms with Gasteiger partial charge < -0.3 is 20.1 Å². The number of hydrogen-bond donors (Lipinski definition) is 2. The van der Waals surface area contributed by atoms with E-state index < -0.39 is 32.5 Å². The molecule has 0 rings (SSSR count). The van der Waals surface area contributed by atoms with Crippen molar-refractivity contribution in [3.05, 3.63) is 48.6 Å². The fraction of sp³-hybridized carbons (Fsp3) is 0.800. The fourth-order valence-corrected chi connectivity index (χ4v) is 7.57. The van der Waals surface area contributed by atoms with Crippen molar-refractivity contribution in [1.82, 2.24) is 0 Å². The van der Waals surface area contributed by atoms with Crippen LogP contribution in [0, 0.1) is 0 Å². The van der Waals surface area contributed by atoms with Crippen molar-refractivity contribution in [1.29, 1.82) is 0 Å². The van der Waals surface area contributed by atoms with Crippen molar-refractivity contribution in [2.75, 3.05) is 26.4 Å². The summed E-state index contributed by atoms with van der Waals surface area (Å²) in [6.07, 6.45) is 54.4. The normalized spacial score (nSPS) is 13.6. The number of rotatable bonds is 46. The summed E-state index contributed by atoms with van der Waals surface area (Å²) in [6.45, 7) is 3.70. The smallest absolute Gasteiger partial charge is 0.462 e. The molecule has 0 saturated carbocycles. The van der Waals surface area contributed by atoms with E-state index in [4.69, 9.17) is 24.3 Å². The first kappa shape index (κ1) is 58.0. The van der Waals surface area contributed by atoms with Gasteiger partial charge in [-0.3, -0.25) is 18.6 Å². The zero-order valence-electron chi connectivity index (χ0n) is 38.7. The van der Waals surface area contributed by atoms with Gasteiger partial charge in [-0.2, -0.15) is 0 Å². The quantitative estimate of drug-likeness (QED) is 0.0265. The van der Waals surface area contributed by atoms with Crippen molar-refractivity contribution in [3.63, 3.8) is 0 Å². The van der Waals surface area contributed by atoms with Crippen molar-refractivity contribution < 1.29 is 37.6 Å². The number of ether oxygens (including phenoxy) is 2. The Morgan fingerprint density at radius 1 is 0.500 bits per heavy atom. The average Bonchev–Trinajstić information content (AvgIpc) is 3.24. The standard InChI is InChI=1S/C50H92NO8P/c1-3-5-7-9-11-13-15-17-19-21-23-24-25-27-29-31-33-35-37-39-41-43-50(53)59-48(47-58-60(54,55)57-45-44-51)46-56-49(52)42-40-38-36-34-32-30-28-26-22-20-18-16-14-12-10-8-6-4-2/h19,21,24-25,29,31,35,37,48H,3-18,20,22-23,26-28,30,32-34,36,38-47,51H2,1-2H3,(H,54,55)/b21-19+,25-24+,31-29+,37-35+/t48-/m1/s1. The summed E-state index contributed by atoms with van der Waals surface area (Å²) < 4.78 is 32.8. The minimum absolute atomic E-state index is 0.0446. The number of carbonyl (C=O) groups is 2. The summed E-state index contributed by atoms with van der Waals surface area (Å²) in [6, 6.07) is 0. The van der Waals surface area contributed by atoms with E-state index >= 15 is 0 Å². The molecule has 3 N–H and O–H groups in total. The number of carbonyl (C=O) groups excluding carboxylic acids is 2. The molecular weight excluding hydrogens is 774 g/mol. The average molecular weight is 866 g/mol. The predicted molar refractivity (Wildman–Crippen MR) is 252 cm³/mol. The van der Waals surface area contributed by atoms with E-state index in [-0.39, 0.29) is 32.6 Å². The second-order valence-electron chi connectivity index (χ2n) is 16.3. The third-order valence-electron chi connectivity index (χ3n) is 10.5. The molecule has 0 radical (unpaired) electrons. The molecule has 0 aromatic heterocycles. The second kappa shape index (κ2) is 46.5. The van der Waals surface area contributed by atoms with Crippen molar-refractivity contribution in [2.24, 2.45) is 5.73 Å². The van der Waals surface area contributed by atoms with Crippen LogP contribution in [0.15, 0.2) is 48.6 Å². The SMILES string of the molecule is CCCCCCCCC/C=C/C/C=C/C/C=C/C/C=C/CCCC(=O)O[C@H](COC(=O)CCCCCCCCCCCCCCCCCCCC)COP(=O)(O)OCCN. The van der Waals surface area contributed by atoms with Crippen molar-refractivity contribution in [3.8, 4) is 0 Å². The van der Waals surface area contributed by atoms with E-state index in [0.717, 1.165) is 38.5 Å². The van der Waals surface area contributed by atoms with Gasteiger partial charge in [0, 0.05) is 19.4 Å². The Morgan fingerprint density at radius 3 is 1.33 bits per heavy atom. The van der Waals surface area contributed by atoms with E-state index in [1.54, 1.807) is 0 Å². The Kier molecular flexibility index (Phi) is 44.9. The van der Waals surface area contributed by atoms with Crippen LogP contribution in [-0.2, 0) is 32.7 Å². The maximum absolute atomic E-state index is 12.6. The third-order valence-corrected chi connectivity index (χ3v) is 11.5. The Bertz CT molecular complexity index is 1120. The molecular formula is C50H92NO8P. The molecule has 9 nitrogen and oxygen atoms in total. The molecule has 0 aliphatic rings. The third kappa shape index (κ3) is 45.5. The van der Waals surface area contributed by atoms with Crippen LogP contribution in [0.4, 0.5) is 0 Å². The molecule has 2 atom stereocenters. The minimum atomic E-state index is -4.40. The zero-order valence-corrected chi connectivity index (χ0v) is 39.6. The highest BCUT2D eigenvalue weighted by atomic mass is 31.2. The van der Waals surface area contributed by atoms with Crippen LogP contribution in [0.25, 0.3) is 0 Å². The first-order chi connectivity index (χ1) is 29.3. The fourth-order valence-electron chi connectivity index (χ4n) is 6.80. The topological polar surface area (TPSA) is 134 Å². The van der Waals surface area contributed by atoms with Gasteiger partial charge in [-0.05, 0) is 51.4 Å². The molecule has 0 amide bonds. The Hall–Kier alpha value is -2.03. The number of phosphoric acid groups is 1. The largest absolute Gasteiger partial charge is 0.472 e. The second-order valence-corrected chi connectivity index (χ2v) is 17.8. The summed E-state index contributed by atoms with van der Waals surface area (Å²) in [5.41, 5.74) is 5.36. The molecule has 0 aliphatic carbocycles. The highest BCUT2D eigenvalue weighted by Gasteiger charge is 2.26. The maximum atomic E-state index is 12.6. The molecule has 0 aromatic rings. The molecule has 1 unspecified atom stereocenters. The van der Waals surface area contributed by atoms with Gasteiger partial charge in [0.15, 0.2) is 6.10 Å². The number of nitrogens with two attached hydrogens (primary N) is 1. The van der Waals surface area contributed by atoms with Crippen LogP contribution in [0.5, 0.6) is 0 Å². The summed E-state index contributed by atoms with van der Waals surface area (Å²) in [7, 11) is -4.40. The lowest BCUT2D eigenvalue weighted by molar-refractivity contribution is -0.161. The Morgan fingerprint density at radius 2 is 0.883 bits per heavy atom. The van der Waals surface area contributed by atoms with E-state index in [0.29, 0.717) is 12.8 Å². The summed E-state index contributed by atoms with van der Waals surface area (Å²) in [4.78, 5) is 35.0. The summed E-state index contributed by atoms with van der Waals surface area (Å²) in [5.74, 6) is -0.887. The molecule has 60 heavy (non-hydrogen) atoms. The van der Waals surface area contributed by atoms with Gasteiger partial charge in [-0.25, -0.2) is 4.57 Å². The van der Waals surface area contributed by atoms with Crippen LogP contribution in [0.1, 0.15) is 226 Å². The highest BCUT2D eigenvalue weighted by Crippen LogP contribution is 2.43. The number of hydrogen-bond acceptors (Lipinski definition) is 8. The van der Waals surface area contributed by atoms with Gasteiger partial charge >= 0.3 is 19.8 Å². The zero-order chi connectivity index (χ0) is 43.9. The lowest BCUT2D eigenvalue weighted by Gasteiger charge is -2.19. The molecule has 0 aromatic carbocycles. The van der Waals surface area contributed by atoms with Gasteiger partial charge in [0.05, 0.1) is 13.2 Å². The monoisotopic (exact) mass is 866 g/mol. The first-order valence-corrected chi connectivity index (χ1v) is 26.1. The van der Waals surface area contributed by atoms with E-state index in [9.17, 15) is 19.0 Å². The molecule has 0 bridgehead atoms. The van der Waals surface area contributed by atoms with Crippen LogP contribution in [0.2, 0.25) is 0 Å². The highest BCUT2D eigenvalue weighted by molar-refractivity contribution is 7.47. The van der Waals surface area contributed by atoms with Crippen LogP contribution >= 0.6 is 7.82 Å². The molecule has 0 saturated heterocycles. The molecule has 0 spiro atoms. The van der Waals surface area contributed by atoms with Crippen molar-refractivity contribution >= 4 is 19.8 Å². The van der Waals surface area contributed by atoms with Crippen LogP contribution in [-0.4, -0.2) is 49.3 Å². The number of phosphoric ester groups is 1. The van der Waals surface area contributed by atoms with Crippen molar-refractivity contribution in [2.45, 2.75) is 232 Å².